The van der Waals surface area contributed by atoms with E-state index in [1.807, 2.05) is 36.5 Å². The first kappa shape index (κ1) is 21.8. The van der Waals surface area contributed by atoms with Gasteiger partial charge < -0.3 is 10.2 Å². The van der Waals surface area contributed by atoms with Crippen LogP contribution < -0.4 is 10.2 Å². The molecule has 2 aliphatic heterocycles. The standard InChI is InChI=1S/C26H32N6O/c33-26(28-20-12-17-31(18-13-20)19-21-7-3-4-14-27-21)24-9-8-23-22(29-24)10-11-25(30-23)32-15-5-1-2-6-16-32/h3-4,7-11,14,20H,1-2,5-6,12-13,15-19H2,(H,28,33). The van der Waals surface area contributed by atoms with Crippen molar-refractivity contribution in [3.05, 3.63) is 60.0 Å². The number of hydrogen-bond donors (Lipinski definition) is 1. The quantitative estimate of drug-likeness (QED) is 0.645. The Kier molecular flexibility index (Phi) is 6.76. The Balaban J connectivity index is 1.18. The van der Waals surface area contributed by atoms with Crippen LogP contribution in [0.3, 0.4) is 0 Å². The minimum Gasteiger partial charge on any atom is -0.357 e. The van der Waals surface area contributed by atoms with E-state index in [4.69, 9.17) is 4.98 Å². The van der Waals surface area contributed by atoms with Crippen LogP contribution in [-0.2, 0) is 6.54 Å². The highest BCUT2D eigenvalue weighted by Gasteiger charge is 2.22. The Morgan fingerprint density at radius 1 is 0.879 bits per heavy atom. The van der Waals surface area contributed by atoms with Gasteiger partial charge in [-0.25, -0.2) is 9.97 Å². The average molecular weight is 445 g/mol. The normalized spacial score (nSPS) is 18.2. The van der Waals surface area contributed by atoms with Crippen molar-refractivity contribution in [1.82, 2.24) is 25.2 Å². The molecule has 33 heavy (non-hydrogen) atoms. The summed E-state index contributed by atoms with van der Waals surface area (Å²) in [7, 11) is 0. The molecule has 2 fully saturated rings. The molecule has 2 saturated heterocycles. The van der Waals surface area contributed by atoms with E-state index < -0.39 is 0 Å². The predicted octanol–water partition coefficient (Wildman–Crippen LogP) is 3.80. The number of anilines is 1. The third-order valence-electron chi connectivity index (χ3n) is 6.72. The summed E-state index contributed by atoms with van der Waals surface area (Å²) in [5.41, 5.74) is 3.17. The van der Waals surface area contributed by atoms with E-state index in [1.165, 1.54) is 25.7 Å². The van der Waals surface area contributed by atoms with Gasteiger partial charge in [0.25, 0.3) is 5.91 Å². The Labute approximate surface area is 195 Å². The lowest BCUT2D eigenvalue weighted by molar-refractivity contribution is 0.0904. The molecule has 0 aliphatic carbocycles. The van der Waals surface area contributed by atoms with Crippen molar-refractivity contribution in [1.29, 1.82) is 0 Å². The van der Waals surface area contributed by atoms with Gasteiger partial charge in [-0.15, -0.1) is 0 Å². The second-order valence-corrected chi connectivity index (χ2v) is 9.15. The number of likely N-dealkylation sites (tertiary alicyclic amines) is 1. The van der Waals surface area contributed by atoms with Crippen molar-refractivity contribution in [2.24, 2.45) is 0 Å². The molecular formula is C26H32N6O. The van der Waals surface area contributed by atoms with Gasteiger partial charge in [0, 0.05) is 45.0 Å². The van der Waals surface area contributed by atoms with Gasteiger partial charge in [-0.05, 0) is 62.1 Å². The van der Waals surface area contributed by atoms with Crippen molar-refractivity contribution >= 4 is 22.8 Å². The lowest BCUT2D eigenvalue weighted by atomic mass is 10.0. The number of nitrogens with zero attached hydrogens (tertiary/aromatic N) is 5. The Hall–Kier alpha value is -3.06. The van der Waals surface area contributed by atoms with Crippen LogP contribution in [0.25, 0.3) is 11.0 Å². The molecule has 1 amide bonds. The minimum absolute atomic E-state index is 0.100. The smallest absolute Gasteiger partial charge is 0.270 e. The van der Waals surface area contributed by atoms with E-state index in [0.29, 0.717) is 5.69 Å². The molecule has 0 unspecified atom stereocenters. The average Bonchev–Trinajstić information content (AvgIpc) is 3.15. The van der Waals surface area contributed by atoms with Crippen LogP contribution >= 0.6 is 0 Å². The van der Waals surface area contributed by atoms with Crippen molar-refractivity contribution in [2.45, 2.75) is 51.1 Å². The summed E-state index contributed by atoms with van der Waals surface area (Å²) in [4.78, 5) is 31.5. The second kappa shape index (κ2) is 10.3. The molecule has 1 N–H and O–H groups in total. The van der Waals surface area contributed by atoms with Crippen LogP contribution in [0.5, 0.6) is 0 Å². The van der Waals surface area contributed by atoms with Gasteiger partial charge in [0.1, 0.15) is 11.5 Å². The van der Waals surface area contributed by atoms with Gasteiger partial charge in [-0.2, -0.15) is 0 Å². The number of rotatable bonds is 5. The summed E-state index contributed by atoms with van der Waals surface area (Å²) < 4.78 is 0. The zero-order valence-corrected chi connectivity index (χ0v) is 19.1. The predicted molar refractivity (Wildman–Crippen MR) is 130 cm³/mol. The fraction of sp³-hybridized carbons (Fsp3) is 0.462. The molecule has 0 bridgehead atoms. The largest absolute Gasteiger partial charge is 0.357 e. The number of amides is 1. The van der Waals surface area contributed by atoms with Crippen LogP contribution in [0.15, 0.2) is 48.7 Å². The molecule has 0 saturated carbocycles. The Morgan fingerprint density at radius 2 is 1.64 bits per heavy atom. The molecule has 7 heteroatoms. The molecule has 0 aromatic carbocycles. The molecule has 5 rings (SSSR count). The number of carbonyl (C=O) groups excluding carboxylic acids is 1. The molecule has 0 atom stereocenters. The molecule has 3 aromatic heterocycles. The van der Waals surface area contributed by atoms with Crippen molar-refractivity contribution in [3.8, 4) is 0 Å². The second-order valence-electron chi connectivity index (χ2n) is 9.15. The van der Waals surface area contributed by atoms with Crippen molar-refractivity contribution in [2.75, 3.05) is 31.1 Å². The number of hydrogen-bond acceptors (Lipinski definition) is 6. The fourth-order valence-electron chi connectivity index (χ4n) is 4.82. The highest BCUT2D eigenvalue weighted by atomic mass is 16.1. The summed E-state index contributed by atoms with van der Waals surface area (Å²) in [6.07, 6.45) is 8.75. The number of fused-ring (bicyclic) bond motifs is 1. The lowest BCUT2D eigenvalue weighted by Crippen LogP contribution is -2.44. The first-order valence-corrected chi connectivity index (χ1v) is 12.2. The summed E-state index contributed by atoms with van der Waals surface area (Å²) in [6.45, 7) is 4.89. The maximum atomic E-state index is 12.9. The monoisotopic (exact) mass is 444 g/mol. The summed E-state index contributed by atoms with van der Waals surface area (Å²) in [5.74, 6) is 0.914. The fourth-order valence-corrected chi connectivity index (χ4v) is 4.82. The SMILES string of the molecule is O=C(NC1CCN(Cc2ccccn2)CC1)c1ccc2nc(N3CCCCCC3)ccc2n1. The van der Waals surface area contributed by atoms with E-state index in [0.717, 1.165) is 68.1 Å². The number of pyridine rings is 3. The minimum atomic E-state index is -0.100. The van der Waals surface area contributed by atoms with Crippen LogP contribution in [0, 0.1) is 0 Å². The Morgan fingerprint density at radius 3 is 2.39 bits per heavy atom. The van der Waals surface area contributed by atoms with Gasteiger partial charge in [-0.3, -0.25) is 14.7 Å². The zero-order valence-electron chi connectivity index (χ0n) is 19.1. The summed E-state index contributed by atoms with van der Waals surface area (Å²) in [5, 5.41) is 3.18. The molecule has 172 valence electrons. The van der Waals surface area contributed by atoms with E-state index in [9.17, 15) is 4.79 Å². The number of aromatic nitrogens is 3. The topological polar surface area (TPSA) is 74.2 Å². The maximum Gasteiger partial charge on any atom is 0.270 e. The van der Waals surface area contributed by atoms with E-state index >= 15 is 0 Å². The highest BCUT2D eigenvalue weighted by Crippen LogP contribution is 2.21. The summed E-state index contributed by atoms with van der Waals surface area (Å²) in [6, 6.07) is 14.0. The van der Waals surface area contributed by atoms with Crippen LogP contribution in [0.4, 0.5) is 5.82 Å². The van der Waals surface area contributed by atoms with Crippen LogP contribution in [-0.4, -0.2) is 58.0 Å². The molecule has 3 aromatic rings. The first-order valence-electron chi connectivity index (χ1n) is 12.2. The number of nitrogens with one attached hydrogen (secondary N) is 1. The molecule has 0 radical (unpaired) electrons. The highest BCUT2D eigenvalue weighted by molar-refractivity contribution is 5.94. The zero-order chi connectivity index (χ0) is 22.5. The van der Waals surface area contributed by atoms with Crippen LogP contribution in [0.1, 0.15) is 54.7 Å². The third kappa shape index (κ3) is 5.47. The van der Waals surface area contributed by atoms with Gasteiger partial charge in [0.2, 0.25) is 0 Å². The van der Waals surface area contributed by atoms with Gasteiger partial charge in [-0.1, -0.05) is 18.9 Å². The number of carbonyl (C=O) groups is 1. The molecule has 2 aliphatic rings. The van der Waals surface area contributed by atoms with Crippen LogP contribution in [0.2, 0.25) is 0 Å². The van der Waals surface area contributed by atoms with Gasteiger partial charge in [0.05, 0.1) is 16.7 Å². The summed E-state index contributed by atoms with van der Waals surface area (Å²) >= 11 is 0. The van der Waals surface area contributed by atoms with Crippen molar-refractivity contribution in [3.63, 3.8) is 0 Å². The maximum absolute atomic E-state index is 12.9. The third-order valence-corrected chi connectivity index (χ3v) is 6.72. The molecular weight excluding hydrogens is 412 g/mol. The van der Waals surface area contributed by atoms with E-state index in [2.05, 4.69) is 31.2 Å². The van der Waals surface area contributed by atoms with E-state index in [1.54, 1.807) is 6.07 Å². The lowest BCUT2D eigenvalue weighted by Gasteiger charge is -2.32. The molecule has 7 nitrogen and oxygen atoms in total. The van der Waals surface area contributed by atoms with Crippen molar-refractivity contribution < 1.29 is 4.79 Å². The molecule has 0 spiro atoms. The number of piperidine rings is 1. The first-order chi connectivity index (χ1) is 16.2. The van der Waals surface area contributed by atoms with E-state index in [-0.39, 0.29) is 11.9 Å². The van der Waals surface area contributed by atoms with Gasteiger partial charge >= 0.3 is 0 Å². The molecule has 5 heterocycles. The Bertz CT molecular complexity index is 1070. The van der Waals surface area contributed by atoms with Gasteiger partial charge in [0.15, 0.2) is 0 Å².